The molecule has 0 amide bonds. The normalized spacial score (nSPS) is 12.1. The molecule has 1 aromatic rings. The summed E-state index contributed by atoms with van der Waals surface area (Å²) in [5.74, 6) is 0.00510. The molecule has 0 saturated heterocycles. The standard InChI is InChI=1S/C13H18O3S/c1-3-7-12(13(15)16-4-2)17-11-9-6-5-8-10(11)14/h5-6,8-9,12,14H,3-4,7H2,1-2H3. The van der Waals surface area contributed by atoms with E-state index in [0.717, 1.165) is 17.7 Å². The zero-order chi connectivity index (χ0) is 12.7. The molecule has 1 atom stereocenters. The maximum absolute atomic E-state index is 11.7. The predicted molar refractivity (Wildman–Crippen MR) is 69.3 cm³/mol. The van der Waals surface area contributed by atoms with Gasteiger partial charge in [-0.05, 0) is 25.5 Å². The third-order valence-electron chi connectivity index (χ3n) is 2.23. The van der Waals surface area contributed by atoms with E-state index < -0.39 is 0 Å². The lowest BCUT2D eigenvalue weighted by Crippen LogP contribution is -2.20. The second-order valence-electron chi connectivity index (χ2n) is 3.61. The first-order chi connectivity index (χ1) is 8.19. The van der Waals surface area contributed by atoms with Crippen LogP contribution in [0.25, 0.3) is 0 Å². The molecule has 1 rings (SSSR count). The average Bonchev–Trinajstić information content (AvgIpc) is 2.31. The summed E-state index contributed by atoms with van der Waals surface area (Å²) in [7, 11) is 0. The van der Waals surface area contributed by atoms with E-state index in [1.54, 1.807) is 19.1 Å². The van der Waals surface area contributed by atoms with Gasteiger partial charge in [-0.25, -0.2) is 0 Å². The van der Waals surface area contributed by atoms with Gasteiger partial charge in [0, 0.05) is 4.90 Å². The molecule has 94 valence electrons. The molecule has 0 aliphatic heterocycles. The highest BCUT2D eigenvalue weighted by atomic mass is 32.2. The predicted octanol–water partition coefficient (Wildman–Crippen LogP) is 3.22. The summed E-state index contributed by atoms with van der Waals surface area (Å²) in [4.78, 5) is 12.4. The van der Waals surface area contributed by atoms with E-state index in [1.165, 1.54) is 11.8 Å². The smallest absolute Gasteiger partial charge is 0.319 e. The van der Waals surface area contributed by atoms with Crippen LogP contribution in [0.5, 0.6) is 5.75 Å². The summed E-state index contributed by atoms with van der Waals surface area (Å²) in [5.41, 5.74) is 0. The molecule has 0 fully saturated rings. The van der Waals surface area contributed by atoms with Crippen molar-refractivity contribution < 1.29 is 14.6 Å². The molecule has 0 bridgehead atoms. The number of benzene rings is 1. The van der Waals surface area contributed by atoms with Crippen molar-refractivity contribution in [2.24, 2.45) is 0 Å². The molecule has 0 aromatic heterocycles. The quantitative estimate of drug-likeness (QED) is 0.625. The fourth-order valence-corrected chi connectivity index (χ4v) is 2.60. The molecular weight excluding hydrogens is 236 g/mol. The van der Waals surface area contributed by atoms with Gasteiger partial charge in [0.2, 0.25) is 0 Å². The van der Waals surface area contributed by atoms with Crippen molar-refractivity contribution in [3.63, 3.8) is 0 Å². The second kappa shape index (κ2) is 7.22. The average molecular weight is 254 g/mol. The molecule has 1 aromatic carbocycles. The number of para-hydroxylation sites is 1. The Morgan fingerprint density at radius 1 is 1.41 bits per heavy atom. The van der Waals surface area contributed by atoms with Gasteiger partial charge in [0.25, 0.3) is 0 Å². The van der Waals surface area contributed by atoms with E-state index in [2.05, 4.69) is 0 Å². The number of carbonyl (C=O) groups excluding carboxylic acids is 1. The molecule has 4 heteroatoms. The zero-order valence-electron chi connectivity index (χ0n) is 10.2. The lowest BCUT2D eigenvalue weighted by atomic mass is 10.2. The molecule has 0 aliphatic rings. The van der Waals surface area contributed by atoms with E-state index in [-0.39, 0.29) is 17.0 Å². The molecule has 1 unspecified atom stereocenters. The monoisotopic (exact) mass is 254 g/mol. The van der Waals surface area contributed by atoms with E-state index in [0.29, 0.717) is 6.61 Å². The van der Waals surface area contributed by atoms with Crippen LogP contribution in [0.2, 0.25) is 0 Å². The first-order valence-electron chi connectivity index (χ1n) is 5.80. The van der Waals surface area contributed by atoms with Crippen LogP contribution in [0.4, 0.5) is 0 Å². The molecule has 17 heavy (non-hydrogen) atoms. The van der Waals surface area contributed by atoms with E-state index in [9.17, 15) is 9.90 Å². The van der Waals surface area contributed by atoms with Gasteiger partial charge in [0.15, 0.2) is 0 Å². The minimum Gasteiger partial charge on any atom is -0.507 e. The Kier molecular flexibility index (Phi) is 5.91. The van der Waals surface area contributed by atoms with Crippen LogP contribution in [-0.4, -0.2) is 22.9 Å². The highest BCUT2D eigenvalue weighted by Crippen LogP contribution is 2.33. The first kappa shape index (κ1) is 13.9. The number of hydrogen-bond donors (Lipinski definition) is 1. The fourth-order valence-electron chi connectivity index (χ4n) is 1.43. The summed E-state index contributed by atoms with van der Waals surface area (Å²) in [6.45, 7) is 4.21. The van der Waals surface area contributed by atoms with Crippen LogP contribution in [0, 0.1) is 0 Å². The molecule has 1 N–H and O–H groups in total. The Morgan fingerprint density at radius 2 is 2.12 bits per heavy atom. The minimum absolute atomic E-state index is 0.206. The maximum Gasteiger partial charge on any atom is 0.319 e. The van der Waals surface area contributed by atoms with Gasteiger partial charge in [0.05, 0.1) is 6.61 Å². The number of esters is 1. The summed E-state index contributed by atoms with van der Waals surface area (Å²) < 4.78 is 5.03. The van der Waals surface area contributed by atoms with Crippen molar-refractivity contribution in [3.8, 4) is 5.75 Å². The number of phenols is 1. The van der Waals surface area contributed by atoms with E-state index in [4.69, 9.17) is 4.74 Å². The third-order valence-corrected chi connectivity index (χ3v) is 3.55. The number of thioether (sulfide) groups is 1. The summed E-state index contributed by atoms with van der Waals surface area (Å²) in [6, 6.07) is 7.03. The topological polar surface area (TPSA) is 46.5 Å². The van der Waals surface area contributed by atoms with Gasteiger partial charge >= 0.3 is 5.97 Å². The largest absolute Gasteiger partial charge is 0.507 e. The Hall–Kier alpha value is -1.16. The van der Waals surface area contributed by atoms with E-state index >= 15 is 0 Å². The molecule has 0 saturated carbocycles. The Morgan fingerprint density at radius 3 is 2.71 bits per heavy atom. The Bertz CT molecular complexity index is 365. The maximum atomic E-state index is 11.7. The lowest BCUT2D eigenvalue weighted by molar-refractivity contribution is -0.142. The lowest BCUT2D eigenvalue weighted by Gasteiger charge is -2.14. The molecule has 0 heterocycles. The van der Waals surface area contributed by atoms with E-state index in [1.807, 2.05) is 19.1 Å². The molecular formula is C13H18O3S. The first-order valence-corrected chi connectivity index (χ1v) is 6.68. The van der Waals surface area contributed by atoms with Crippen LogP contribution >= 0.6 is 11.8 Å². The summed E-state index contributed by atoms with van der Waals surface area (Å²) >= 11 is 1.36. The number of hydrogen-bond acceptors (Lipinski definition) is 4. The summed E-state index contributed by atoms with van der Waals surface area (Å²) in [5, 5.41) is 9.42. The van der Waals surface area contributed by atoms with Crippen LogP contribution in [0.15, 0.2) is 29.2 Å². The number of phenolic OH excluding ortho intramolecular Hbond substituents is 1. The Labute approximate surface area is 106 Å². The SMILES string of the molecule is CCCC(Sc1ccccc1O)C(=O)OCC. The highest BCUT2D eigenvalue weighted by Gasteiger charge is 2.21. The molecule has 0 aliphatic carbocycles. The second-order valence-corrected chi connectivity index (χ2v) is 4.86. The van der Waals surface area contributed by atoms with Crippen LogP contribution in [0.1, 0.15) is 26.7 Å². The van der Waals surface area contributed by atoms with Crippen molar-refractivity contribution >= 4 is 17.7 Å². The van der Waals surface area contributed by atoms with Gasteiger partial charge < -0.3 is 9.84 Å². The zero-order valence-corrected chi connectivity index (χ0v) is 11.0. The van der Waals surface area contributed by atoms with Crippen molar-refractivity contribution in [2.75, 3.05) is 6.61 Å². The molecule has 0 radical (unpaired) electrons. The number of carbonyl (C=O) groups is 1. The molecule has 0 spiro atoms. The van der Waals surface area contributed by atoms with Crippen molar-refractivity contribution in [3.05, 3.63) is 24.3 Å². The summed E-state index contributed by atoms with van der Waals surface area (Å²) in [6.07, 6.45) is 1.65. The van der Waals surface area contributed by atoms with Crippen molar-refractivity contribution in [1.29, 1.82) is 0 Å². The van der Waals surface area contributed by atoms with Crippen LogP contribution in [0.3, 0.4) is 0 Å². The van der Waals surface area contributed by atoms with Gasteiger partial charge in [-0.2, -0.15) is 0 Å². The van der Waals surface area contributed by atoms with Crippen molar-refractivity contribution in [2.45, 2.75) is 36.8 Å². The highest BCUT2D eigenvalue weighted by molar-refractivity contribution is 8.00. The molecule has 3 nitrogen and oxygen atoms in total. The van der Waals surface area contributed by atoms with Gasteiger partial charge in [-0.1, -0.05) is 25.5 Å². The van der Waals surface area contributed by atoms with Crippen LogP contribution in [-0.2, 0) is 9.53 Å². The Balaban J connectivity index is 2.73. The van der Waals surface area contributed by atoms with Gasteiger partial charge in [-0.15, -0.1) is 11.8 Å². The third kappa shape index (κ3) is 4.30. The number of ether oxygens (including phenoxy) is 1. The van der Waals surface area contributed by atoms with Crippen LogP contribution < -0.4 is 0 Å². The number of rotatable bonds is 6. The van der Waals surface area contributed by atoms with Gasteiger partial charge in [-0.3, -0.25) is 4.79 Å². The number of aromatic hydroxyl groups is 1. The van der Waals surface area contributed by atoms with Gasteiger partial charge in [0.1, 0.15) is 11.0 Å². The van der Waals surface area contributed by atoms with Crippen molar-refractivity contribution in [1.82, 2.24) is 0 Å². The minimum atomic E-state index is -0.242. The fraction of sp³-hybridized carbons (Fsp3) is 0.462.